The summed E-state index contributed by atoms with van der Waals surface area (Å²) in [6, 6.07) is 0. The Kier molecular flexibility index (Phi) is 3.06. The summed E-state index contributed by atoms with van der Waals surface area (Å²) in [6.45, 7) is 0. The van der Waals surface area contributed by atoms with E-state index in [-0.39, 0.29) is 5.92 Å². The highest BCUT2D eigenvalue weighted by Gasteiger charge is 2.30. The van der Waals surface area contributed by atoms with Crippen LogP contribution >= 0.6 is 0 Å². The quantitative estimate of drug-likeness (QED) is 0.632. The third kappa shape index (κ3) is 2.71. The fourth-order valence-electron chi connectivity index (χ4n) is 1.40. The van der Waals surface area contributed by atoms with Gasteiger partial charge in [0.2, 0.25) is 0 Å². The zero-order valence-corrected chi connectivity index (χ0v) is 7.81. The lowest BCUT2D eigenvalue weighted by molar-refractivity contribution is 0.0348. The number of hydrogen-bond acceptors (Lipinski definition) is 3. The third-order valence-corrected chi connectivity index (χ3v) is 3.07. The van der Waals surface area contributed by atoms with E-state index in [1.54, 1.807) is 0 Å². The van der Waals surface area contributed by atoms with Gasteiger partial charge in [-0.3, -0.25) is 0 Å². The molecule has 0 bridgehead atoms. The van der Waals surface area contributed by atoms with Gasteiger partial charge in [-0.25, -0.2) is 0 Å². The summed E-state index contributed by atoms with van der Waals surface area (Å²) in [7, 11) is -2.96. The van der Waals surface area contributed by atoms with E-state index in [1.165, 1.54) is 7.11 Å². The minimum atomic E-state index is -4.38. The van der Waals surface area contributed by atoms with Gasteiger partial charge < -0.3 is 4.74 Å². The van der Waals surface area contributed by atoms with E-state index in [2.05, 4.69) is 0 Å². The van der Waals surface area contributed by atoms with Gasteiger partial charge in [0, 0.05) is 7.11 Å². The highest BCUT2D eigenvalue weighted by atomic mass is 32.3. The first kappa shape index (κ1) is 9.92. The average molecular weight is 196 g/mol. The van der Waals surface area contributed by atoms with Gasteiger partial charge in [-0.1, -0.05) is 6.42 Å². The molecule has 0 amide bonds. The molecular formula is C7H13FO3S. The predicted molar refractivity (Wildman–Crippen MR) is 43.0 cm³/mol. The number of halogens is 1. The van der Waals surface area contributed by atoms with E-state index in [4.69, 9.17) is 4.74 Å². The average Bonchev–Trinajstić information content (AvgIpc) is 1.79. The second-order valence-electron chi connectivity index (χ2n) is 3.17. The van der Waals surface area contributed by atoms with Crippen LogP contribution in [0.5, 0.6) is 0 Å². The minimum absolute atomic E-state index is 0.237. The Morgan fingerprint density at radius 3 is 2.42 bits per heavy atom. The van der Waals surface area contributed by atoms with Crippen molar-refractivity contribution < 1.29 is 17.0 Å². The van der Waals surface area contributed by atoms with Crippen LogP contribution in [0.4, 0.5) is 3.89 Å². The highest BCUT2D eigenvalue weighted by molar-refractivity contribution is 7.86. The van der Waals surface area contributed by atoms with Crippen molar-refractivity contribution in [2.75, 3.05) is 12.9 Å². The largest absolute Gasteiger partial charge is 0.380 e. The summed E-state index contributed by atoms with van der Waals surface area (Å²) < 4.78 is 37.7. The van der Waals surface area contributed by atoms with Gasteiger partial charge in [-0.2, -0.15) is 8.42 Å². The van der Waals surface area contributed by atoms with Crippen molar-refractivity contribution >= 4 is 10.2 Å². The molecular weight excluding hydrogens is 183 g/mol. The Labute approximate surface area is 72.1 Å². The molecule has 0 N–H and O–H groups in total. The highest BCUT2D eigenvalue weighted by Crippen LogP contribution is 2.31. The Morgan fingerprint density at radius 1 is 1.58 bits per heavy atom. The summed E-state index contributed by atoms with van der Waals surface area (Å²) >= 11 is 0. The van der Waals surface area contributed by atoms with E-state index in [0.29, 0.717) is 0 Å². The van der Waals surface area contributed by atoms with Crippen LogP contribution in [0.15, 0.2) is 0 Å². The van der Waals surface area contributed by atoms with Crippen LogP contribution in [0.3, 0.4) is 0 Å². The topological polar surface area (TPSA) is 43.4 Å². The molecule has 0 radical (unpaired) electrons. The van der Waals surface area contributed by atoms with E-state index < -0.39 is 22.1 Å². The molecule has 1 rings (SSSR count). The van der Waals surface area contributed by atoms with Crippen LogP contribution in [-0.4, -0.2) is 27.4 Å². The van der Waals surface area contributed by atoms with Crippen molar-refractivity contribution in [1.82, 2.24) is 0 Å². The standard InChI is InChI=1S/C7H13FO3S/c1-11-7(5-12(8,9)10)6-3-2-4-6/h6-7H,2-5H2,1H3. The summed E-state index contributed by atoms with van der Waals surface area (Å²) in [5, 5.41) is 0. The van der Waals surface area contributed by atoms with Crippen molar-refractivity contribution in [1.29, 1.82) is 0 Å². The van der Waals surface area contributed by atoms with Crippen LogP contribution in [0, 0.1) is 5.92 Å². The minimum Gasteiger partial charge on any atom is -0.380 e. The zero-order valence-electron chi connectivity index (χ0n) is 6.99. The summed E-state index contributed by atoms with van der Waals surface area (Å²) in [6.07, 6.45) is 2.55. The molecule has 0 saturated heterocycles. The molecule has 1 fully saturated rings. The van der Waals surface area contributed by atoms with Crippen molar-refractivity contribution in [2.24, 2.45) is 5.92 Å². The van der Waals surface area contributed by atoms with Gasteiger partial charge in [-0.05, 0) is 18.8 Å². The molecule has 0 aliphatic heterocycles. The monoisotopic (exact) mass is 196 g/mol. The Hall–Kier alpha value is -0.160. The van der Waals surface area contributed by atoms with Gasteiger partial charge in [0.15, 0.2) is 0 Å². The smallest absolute Gasteiger partial charge is 0.304 e. The lowest BCUT2D eigenvalue weighted by Gasteiger charge is -2.31. The van der Waals surface area contributed by atoms with Crippen molar-refractivity contribution in [3.63, 3.8) is 0 Å². The van der Waals surface area contributed by atoms with Crippen molar-refractivity contribution in [3.8, 4) is 0 Å². The molecule has 0 heterocycles. The second kappa shape index (κ2) is 3.70. The maximum Gasteiger partial charge on any atom is 0.304 e. The molecule has 12 heavy (non-hydrogen) atoms. The molecule has 72 valence electrons. The van der Waals surface area contributed by atoms with Gasteiger partial charge in [0.1, 0.15) is 5.75 Å². The zero-order chi connectivity index (χ0) is 9.19. The normalized spacial score (nSPS) is 21.8. The molecule has 1 atom stereocenters. The van der Waals surface area contributed by atoms with Gasteiger partial charge in [-0.15, -0.1) is 3.89 Å². The summed E-state index contributed by atoms with van der Waals surface area (Å²) in [5.74, 6) is -0.255. The SMILES string of the molecule is COC(CS(=O)(=O)F)C1CCC1. The van der Waals surface area contributed by atoms with Crippen LogP contribution in [0.1, 0.15) is 19.3 Å². The van der Waals surface area contributed by atoms with Gasteiger partial charge >= 0.3 is 10.2 Å². The number of ether oxygens (including phenoxy) is 1. The van der Waals surface area contributed by atoms with Gasteiger partial charge in [0.05, 0.1) is 6.10 Å². The summed E-state index contributed by atoms with van der Waals surface area (Å²) in [4.78, 5) is 0. The van der Waals surface area contributed by atoms with E-state index >= 15 is 0 Å². The molecule has 5 heteroatoms. The Balaban J connectivity index is 2.45. The second-order valence-corrected chi connectivity index (χ2v) is 4.58. The molecule has 0 spiro atoms. The lowest BCUT2D eigenvalue weighted by Crippen LogP contribution is -2.33. The first-order chi connectivity index (χ1) is 5.53. The molecule has 1 saturated carbocycles. The van der Waals surface area contributed by atoms with E-state index in [9.17, 15) is 12.3 Å². The maximum atomic E-state index is 12.2. The Morgan fingerprint density at radius 2 is 2.17 bits per heavy atom. The third-order valence-electron chi connectivity index (χ3n) is 2.34. The predicted octanol–water partition coefficient (Wildman–Crippen LogP) is 1.10. The van der Waals surface area contributed by atoms with Gasteiger partial charge in [0.25, 0.3) is 0 Å². The molecule has 3 nitrogen and oxygen atoms in total. The van der Waals surface area contributed by atoms with Crippen LogP contribution in [0.2, 0.25) is 0 Å². The molecule has 1 aliphatic carbocycles. The fourth-order valence-corrected chi connectivity index (χ4v) is 2.21. The van der Waals surface area contributed by atoms with Crippen LogP contribution in [0.25, 0.3) is 0 Å². The number of hydrogen-bond donors (Lipinski definition) is 0. The fraction of sp³-hybridized carbons (Fsp3) is 1.00. The van der Waals surface area contributed by atoms with Crippen LogP contribution in [-0.2, 0) is 15.0 Å². The molecule has 0 aromatic rings. The Bertz CT molecular complexity index is 233. The molecule has 1 aliphatic rings. The van der Waals surface area contributed by atoms with Crippen molar-refractivity contribution in [2.45, 2.75) is 25.4 Å². The number of methoxy groups -OCH3 is 1. The number of rotatable bonds is 4. The first-order valence-corrected chi connectivity index (χ1v) is 5.53. The van der Waals surface area contributed by atoms with E-state index in [1.807, 2.05) is 0 Å². The van der Waals surface area contributed by atoms with Crippen LogP contribution < -0.4 is 0 Å². The molecule has 0 aromatic carbocycles. The first-order valence-electron chi connectivity index (χ1n) is 3.98. The molecule has 1 unspecified atom stereocenters. The molecule has 0 aromatic heterocycles. The van der Waals surface area contributed by atoms with E-state index in [0.717, 1.165) is 19.3 Å². The maximum absolute atomic E-state index is 12.2. The van der Waals surface area contributed by atoms with Crippen molar-refractivity contribution in [3.05, 3.63) is 0 Å². The summed E-state index contributed by atoms with van der Waals surface area (Å²) in [5.41, 5.74) is 0. The lowest BCUT2D eigenvalue weighted by atomic mass is 9.82.